The largest absolute Gasteiger partial charge is 0.298 e. The molecule has 1 nitrogen and oxygen atoms in total. The fraction of sp³-hybridized carbons (Fsp3) is 1.00. The molecule has 0 aromatic heterocycles. The first-order valence-electron chi connectivity index (χ1n) is 9.04. The minimum absolute atomic E-state index is 0.527. The van der Waals surface area contributed by atoms with E-state index in [9.17, 15) is 0 Å². The van der Waals surface area contributed by atoms with Crippen LogP contribution >= 0.6 is 0 Å². The van der Waals surface area contributed by atoms with Gasteiger partial charge in [-0.15, -0.1) is 0 Å². The standard InChI is InChI=1S/C19H37N/c1-14(2)20-12-11-17(13-15(20)3)16-7-9-18(10-8-16)19(4,5)6/h14-18H,7-13H2,1-6H3. The minimum atomic E-state index is 0.527. The first-order valence-corrected chi connectivity index (χ1v) is 9.04. The maximum Gasteiger partial charge on any atom is 0.00723 e. The highest BCUT2D eigenvalue weighted by Crippen LogP contribution is 2.44. The molecule has 118 valence electrons. The van der Waals surface area contributed by atoms with Crippen molar-refractivity contribution in [1.29, 1.82) is 0 Å². The topological polar surface area (TPSA) is 3.24 Å². The summed E-state index contributed by atoms with van der Waals surface area (Å²) in [5, 5.41) is 0. The molecule has 2 aliphatic rings. The summed E-state index contributed by atoms with van der Waals surface area (Å²) in [4.78, 5) is 2.71. The Bertz CT molecular complexity index is 293. The van der Waals surface area contributed by atoms with Gasteiger partial charge in [0.1, 0.15) is 0 Å². The Balaban J connectivity index is 1.83. The lowest BCUT2D eigenvalue weighted by molar-refractivity contribution is 0.0459. The van der Waals surface area contributed by atoms with Gasteiger partial charge >= 0.3 is 0 Å². The predicted octanol–water partition coefficient (Wildman–Crippen LogP) is 5.35. The summed E-state index contributed by atoms with van der Waals surface area (Å²) in [6.07, 6.45) is 8.86. The number of hydrogen-bond donors (Lipinski definition) is 0. The number of likely N-dealkylation sites (tertiary alicyclic amines) is 1. The average molecular weight is 280 g/mol. The van der Waals surface area contributed by atoms with E-state index in [1.807, 2.05) is 0 Å². The van der Waals surface area contributed by atoms with Crippen LogP contribution in [0.15, 0.2) is 0 Å². The Kier molecular flexibility index (Phi) is 5.21. The number of rotatable bonds is 2. The molecule has 20 heavy (non-hydrogen) atoms. The summed E-state index contributed by atoms with van der Waals surface area (Å²) in [5.41, 5.74) is 0.527. The molecule has 1 saturated heterocycles. The van der Waals surface area contributed by atoms with Crippen LogP contribution in [0.4, 0.5) is 0 Å². The van der Waals surface area contributed by atoms with Gasteiger partial charge in [0.15, 0.2) is 0 Å². The first-order chi connectivity index (χ1) is 9.29. The number of hydrogen-bond acceptors (Lipinski definition) is 1. The molecule has 1 heterocycles. The summed E-state index contributed by atoms with van der Waals surface area (Å²) in [6, 6.07) is 1.52. The molecule has 2 unspecified atom stereocenters. The normalized spacial score (nSPS) is 37.4. The second-order valence-corrected chi connectivity index (χ2v) is 8.94. The fourth-order valence-corrected chi connectivity index (χ4v) is 4.88. The zero-order chi connectivity index (χ0) is 14.9. The second kappa shape index (κ2) is 6.38. The van der Waals surface area contributed by atoms with E-state index in [0.717, 1.165) is 29.8 Å². The molecule has 0 bridgehead atoms. The van der Waals surface area contributed by atoms with E-state index in [1.165, 1.54) is 45.1 Å². The van der Waals surface area contributed by atoms with Crippen molar-refractivity contribution >= 4 is 0 Å². The zero-order valence-electron chi connectivity index (χ0n) is 14.8. The van der Waals surface area contributed by atoms with Crippen LogP contribution in [0.25, 0.3) is 0 Å². The Morgan fingerprint density at radius 2 is 1.50 bits per heavy atom. The van der Waals surface area contributed by atoms with Crippen LogP contribution in [0.3, 0.4) is 0 Å². The third kappa shape index (κ3) is 3.78. The average Bonchev–Trinajstić information content (AvgIpc) is 2.37. The van der Waals surface area contributed by atoms with E-state index >= 15 is 0 Å². The summed E-state index contributed by atoms with van der Waals surface area (Å²) in [5.74, 6) is 3.01. The van der Waals surface area contributed by atoms with Gasteiger partial charge in [0.2, 0.25) is 0 Å². The van der Waals surface area contributed by atoms with Gasteiger partial charge < -0.3 is 0 Å². The molecular weight excluding hydrogens is 242 g/mol. The van der Waals surface area contributed by atoms with Crippen LogP contribution in [0.5, 0.6) is 0 Å². The molecule has 2 rings (SSSR count). The summed E-state index contributed by atoms with van der Waals surface area (Å²) in [6.45, 7) is 15.8. The van der Waals surface area contributed by atoms with Gasteiger partial charge in [-0.3, -0.25) is 4.90 Å². The Labute approximate surface area is 127 Å². The Hall–Kier alpha value is -0.0400. The van der Waals surface area contributed by atoms with Crippen molar-refractivity contribution < 1.29 is 0 Å². The predicted molar refractivity (Wildman–Crippen MR) is 88.9 cm³/mol. The number of piperidine rings is 1. The zero-order valence-corrected chi connectivity index (χ0v) is 14.8. The van der Waals surface area contributed by atoms with E-state index in [1.54, 1.807) is 0 Å². The number of nitrogens with zero attached hydrogens (tertiary/aromatic N) is 1. The maximum atomic E-state index is 2.71. The molecule has 0 amide bonds. The molecule has 0 aromatic rings. The molecule has 2 fully saturated rings. The van der Waals surface area contributed by atoms with Gasteiger partial charge in [-0.05, 0) is 89.0 Å². The maximum absolute atomic E-state index is 2.71. The summed E-state index contributed by atoms with van der Waals surface area (Å²) in [7, 11) is 0. The van der Waals surface area contributed by atoms with E-state index < -0.39 is 0 Å². The smallest absolute Gasteiger partial charge is 0.00723 e. The lowest BCUT2D eigenvalue weighted by Gasteiger charge is -2.45. The SMILES string of the molecule is CC(C)N1CCC(C2CCC(C(C)(C)C)CC2)CC1C. The highest BCUT2D eigenvalue weighted by atomic mass is 15.2. The van der Waals surface area contributed by atoms with Crippen LogP contribution in [0.1, 0.15) is 80.1 Å². The van der Waals surface area contributed by atoms with Crippen molar-refractivity contribution in [1.82, 2.24) is 4.90 Å². The van der Waals surface area contributed by atoms with Gasteiger partial charge in [-0.2, -0.15) is 0 Å². The lowest BCUT2D eigenvalue weighted by Crippen LogP contribution is -2.46. The van der Waals surface area contributed by atoms with Crippen LogP contribution < -0.4 is 0 Å². The molecule has 0 aromatic carbocycles. The van der Waals surface area contributed by atoms with Crippen molar-refractivity contribution in [2.24, 2.45) is 23.2 Å². The second-order valence-electron chi connectivity index (χ2n) is 8.94. The molecule has 1 aliphatic carbocycles. The molecule has 1 saturated carbocycles. The van der Waals surface area contributed by atoms with Gasteiger partial charge in [0, 0.05) is 12.1 Å². The van der Waals surface area contributed by atoms with Crippen LogP contribution in [0.2, 0.25) is 0 Å². The van der Waals surface area contributed by atoms with Crippen LogP contribution in [-0.2, 0) is 0 Å². The minimum Gasteiger partial charge on any atom is -0.298 e. The molecule has 1 heteroatoms. The molecule has 2 atom stereocenters. The van der Waals surface area contributed by atoms with Crippen LogP contribution in [0, 0.1) is 23.2 Å². The van der Waals surface area contributed by atoms with Gasteiger partial charge in [-0.1, -0.05) is 20.8 Å². The quantitative estimate of drug-likeness (QED) is 0.659. The molecule has 1 aliphatic heterocycles. The highest BCUT2D eigenvalue weighted by molar-refractivity contribution is 4.88. The van der Waals surface area contributed by atoms with Crippen molar-refractivity contribution in [3.05, 3.63) is 0 Å². The Morgan fingerprint density at radius 3 is 1.95 bits per heavy atom. The van der Waals surface area contributed by atoms with Crippen molar-refractivity contribution in [3.8, 4) is 0 Å². The van der Waals surface area contributed by atoms with Crippen LogP contribution in [-0.4, -0.2) is 23.5 Å². The third-order valence-electron chi connectivity index (χ3n) is 6.29. The van der Waals surface area contributed by atoms with Gasteiger partial charge in [-0.25, -0.2) is 0 Å². The van der Waals surface area contributed by atoms with Crippen molar-refractivity contribution in [2.75, 3.05) is 6.54 Å². The molecule has 0 radical (unpaired) electrons. The summed E-state index contributed by atoms with van der Waals surface area (Å²) < 4.78 is 0. The third-order valence-corrected chi connectivity index (χ3v) is 6.29. The van der Waals surface area contributed by atoms with E-state index in [4.69, 9.17) is 0 Å². The van der Waals surface area contributed by atoms with Gasteiger partial charge in [0.25, 0.3) is 0 Å². The highest BCUT2D eigenvalue weighted by Gasteiger charge is 2.36. The molecular formula is C19H37N. The lowest BCUT2D eigenvalue weighted by atomic mass is 9.66. The summed E-state index contributed by atoms with van der Waals surface area (Å²) >= 11 is 0. The Morgan fingerprint density at radius 1 is 0.900 bits per heavy atom. The van der Waals surface area contributed by atoms with E-state index in [-0.39, 0.29) is 0 Å². The van der Waals surface area contributed by atoms with Crippen molar-refractivity contribution in [2.45, 2.75) is 92.2 Å². The first kappa shape index (κ1) is 16.3. The molecule has 0 spiro atoms. The van der Waals surface area contributed by atoms with Crippen molar-refractivity contribution in [3.63, 3.8) is 0 Å². The van der Waals surface area contributed by atoms with E-state index in [0.29, 0.717) is 5.41 Å². The molecule has 0 N–H and O–H groups in total. The monoisotopic (exact) mass is 279 g/mol. The van der Waals surface area contributed by atoms with Gasteiger partial charge in [0.05, 0.1) is 0 Å². The van der Waals surface area contributed by atoms with E-state index in [2.05, 4.69) is 46.4 Å². The fourth-order valence-electron chi connectivity index (χ4n) is 4.88.